The number of aliphatic carboxylic acids is 1. The lowest BCUT2D eigenvalue weighted by atomic mass is 9.97. The Morgan fingerprint density at radius 1 is 1.37 bits per heavy atom. The lowest BCUT2D eigenvalue weighted by Gasteiger charge is -2.31. The predicted octanol–water partition coefficient (Wildman–Crippen LogP) is -0.149. The molecule has 1 aliphatic heterocycles. The number of carboxylic acids is 1. The van der Waals surface area contributed by atoms with Crippen molar-refractivity contribution in [2.75, 3.05) is 46.8 Å². The largest absolute Gasteiger partial charge is 0.481 e. The highest BCUT2D eigenvalue weighted by Crippen LogP contribution is 2.17. The van der Waals surface area contributed by atoms with E-state index in [1.165, 1.54) is 0 Å². The van der Waals surface area contributed by atoms with Crippen LogP contribution in [0.15, 0.2) is 0 Å². The van der Waals surface area contributed by atoms with E-state index in [1.807, 2.05) is 19.0 Å². The van der Waals surface area contributed by atoms with Crippen molar-refractivity contribution in [1.29, 1.82) is 0 Å². The van der Waals surface area contributed by atoms with E-state index < -0.39 is 5.97 Å². The van der Waals surface area contributed by atoms with Gasteiger partial charge in [-0.05, 0) is 46.4 Å². The van der Waals surface area contributed by atoms with Crippen LogP contribution in [0.2, 0.25) is 0 Å². The summed E-state index contributed by atoms with van der Waals surface area (Å²) in [5.74, 6) is -0.913. The van der Waals surface area contributed by atoms with Crippen molar-refractivity contribution in [1.82, 2.24) is 15.1 Å². The summed E-state index contributed by atoms with van der Waals surface area (Å²) in [4.78, 5) is 26.7. The second-order valence-corrected chi connectivity index (χ2v) is 5.19. The summed E-state index contributed by atoms with van der Waals surface area (Å²) in [6, 6.07) is 0. The Morgan fingerprint density at radius 2 is 2.00 bits per heavy atom. The molecule has 19 heavy (non-hydrogen) atoms. The summed E-state index contributed by atoms with van der Waals surface area (Å²) in [5.41, 5.74) is 0. The van der Waals surface area contributed by atoms with Crippen LogP contribution in [0.3, 0.4) is 0 Å². The highest BCUT2D eigenvalue weighted by atomic mass is 16.4. The van der Waals surface area contributed by atoms with Crippen molar-refractivity contribution in [3.8, 4) is 0 Å². The second kappa shape index (κ2) is 8.12. The first-order valence-corrected chi connectivity index (χ1v) is 6.88. The van der Waals surface area contributed by atoms with Gasteiger partial charge in [0.25, 0.3) is 0 Å². The van der Waals surface area contributed by atoms with Crippen molar-refractivity contribution >= 4 is 11.9 Å². The second-order valence-electron chi connectivity index (χ2n) is 5.19. The Balaban J connectivity index is 2.25. The van der Waals surface area contributed by atoms with Crippen LogP contribution in [0.5, 0.6) is 0 Å². The third-order valence-corrected chi connectivity index (χ3v) is 3.57. The molecule has 0 aromatic rings. The van der Waals surface area contributed by atoms with E-state index in [9.17, 15) is 9.59 Å². The van der Waals surface area contributed by atoms with Gasteiger partial charge in [0, 0.05) is 13.1 Å². The molecule has 1 amide bonds. The molecule has 1 aliphatic rings. The van der Waals surface area contributed by atoms with Crippen LogP contribution < -0.4 is 5.32 Å². The fourth-order valence-corrected chi connectivity index (χ4v) is 2.31. The van der Waals surface area contributed by atoms with Crippen LogP contribution in [0.1, 0.15) is 19.3 Å². The Labute approximate surface area is 114 Å². The molecule has 1 heterocycles. The molecule has 0 bridgehead atoms. The third kappa shape index (κ3) is 5.57. The van der Waals surface area contributed by atoms with Crippen molar-refractivity contribution in [2.45, 2.75) is 19.3 Å². The maximum absolute atomic E-state index is 12.0. The van der Waals surface area contributed by atoms with Gasteiger partial charge in [-0.25, -0.2) is 0 Å². The van der Waals surface area contributed by atoms with Crippen molar-refractivity contribution in [2.24, 2.45) is 5.92 Å². The molecule has 0 spiro atoms. The Morgan fingerprint density at radius 3 is 2.53 bits per heavy atom. The summed E-state index contributed by atoms with van der Waals surface area (Å²) in [6.07, 6.45) is 2.16. The fraction of sp³-hybridized carbons (Fsp3) is 0.846. The van der Waals surface area contributed by atoms with E-state index in [-0.39, 0.29) is 11.8 Å². The van der Waals surface area contributed by atoms with Crippen LogP contribution in [-0.4, -0.2) is 73.6 Å². The molecule has 0 aliphatic carbocycles. The molecular weight excluding hydrogens is 246 g/mol. The molecule has 1 fully saturated rings. The number of amides is 1. The van der Waals surface area contributed by atoms with Gasteiger partial charge in [0.2, 0.25) is 5.91 Å². The summed E-state index contributed by atoms with van der Waals surface area (Å²) >= 11 is 0. The number of likely N-dealkylation sites (N-methyl/N-ethyl adjacent to an activating group) is 1. The molecule has 0 aromatic heterocycles. The molecule has 2 N–H and O–H groups in total. The number of piperidine rings is 1. The van der Waals surface area contributed by atoms with E-state index >= 15 is 0 Å². The van der Waals surface area contributed by atoms with Crippen LogP contribution >= 0.6 is 0 Å². The molecule has 1 rings (SSSR count). The summed E-state index contributed by atoms with van der Waals surface area (Å²) < 4.78 is 0. The SMILES string of the molecule is CNCCCN(C)CC(=O)N1CCC(C(=O)O)CC1. The van der Waals surface area contributed by atoms with E-state index in [0.29, 0.717) is 32.5 Å². The fourth-order valence-electron chi connectivity index (χ4n) is 2.31. The average Bonchev–Trinajstić information content (AvgIpc) is 2.39. The maximum atomic E-state index is 12.0. The zero-order valence-electron chi connectivity index (χ0n) is 11.9. The molecule has 0 unspecified atom stereocenters. The van der Waals surface area contributed by atoms with Gasteiger partial charge >= 0.3 is 5.97 Å². The number of hydrogen-bond acceptors (Lipinski definition) is 4. The van der Waals surface area contributed by atoms with E-state index in [4.69, 9.17) is 5.11 Å². The lowest BCUT2D eigenvalue weighted by Crippen LogP contribution is -2.44. The zero-order valence-corrected chi connectivity index (χ0v) is 11.9. The van der Waals surface area contributed by atoms with Gasteiger partial charge < -0.3 is 15.3 Å². The third-order valence-electron chi connectivity index (χ3n) is 3.57. The molecular formula is C13H25N3O3. The van der Waals surface area contributed by atoms with E-state index in [0.717, 1.165) is 19.5 Å². The average molecular weight is 271 g/mol. The number of likely N-dealkylation sites (tertiary alicyclic amines) is 1. The normalized spacial score (nSPS) is 16.9. The van der Waals surface area contributed by atoms with Gasteiger partial charge in [-0.15, -0.1) is 0 Å². The predicted molar refractivity (Wildman–Crippen MR) is 73.0 cm³/mol. The van der Waals surface area contributed by atoms with Crippen LogP contribution in [0.4, 0.5) is 0 Å². The number of hydrogen-bond donors (Lipinski definition) is 2. The van der Waals surface area contributed by atoms with E-state index in [1.54, 1.807) is 4.90 Å². The topological polar surface area (TPSA) is 72.9 Å². The molecule has 0 atom stereocenters. The minimum absolute atomic E-state index is 0.107. The zero-order chi connectivity index (χ0) is 14.3. The number of nitrogens with zero attached hydrogens (tertiary/aromatic N) is 2. The molecule has 6 nitrogen and oxygen atoms in total. The smallest absolute Gasteiger partial charge is 0.306 e. The summed E-state index contributed by atoms with van der Waals surface area (Å²) in [5, 5.41) is 12.0. The molecule has 1 saturated heterocycles. The Kier molecular flexibility index (Phi) is 6.80. The minimum atomic E-state index is -0.740. The molecule has 110 valence electrons. The number of carbonyl (C=O) groups excluding carboxylic acids is 1. The molecule has 0 saturated carbocycles. The van der Waals surface area contributed by atoms with Gasteiger partial charge in [-0.3, -0.25) is 14.5 Å². The summed E-state index contributed by atoms with van der Waals surface area (Å²) in [7, 11) is 3.86. The minimum Gasteiger partial charge on any atom is -0.481 e. The van der Waals surface area contributed by atoms with Crippen molar-refractivity contribution < 1.29 is 14.7 Å². The van der Waals surface area contributed by atoms with Crippen molar-refractivity contribution in [3.05, 3.63) is 0 Å². The highest BCUT2D eigenvalue weighted by molar-refractivity contribution is 5.78. The Bertz CT molecular complexity index is 302. The van der Waals surface area contributed by atoms with Crippen molar-refractivity contribution in [3.63, 3.8) is 0 Å². The lowest BCUT2D eigenvalue weighted by molar-refractivity contribution is -0.145. The highest BCUT2D eigenvalue weighted by Gasteiger charge is 2.27. The van der Waals surface area contributed by atoms with Gasteiger partial charge in [0.15, 0.2) is 0 Å². The van der Waals surface area contributed by atoms with Crippen LogP contribution in [0.25, 0.3) is 0 Å². The number of nitrogens with one attached hydrogen (secondary N) is 1. The number of rotatable bonds is 7. The standard InChI is InChI=1S/C13H25N3O3/c1-14-6-3-7-15(2)10-12(17)16-8-4-11(5-9-16)13(18)19/h11,14H,3-10H2,1-2H3,(H,18,19). The summed E-state index contributed by atoms with van der Waals surface area (Å²) in [6.45, 7) is 3.39. The van der Waals surface area contributed by atoms with Crippen LogP contribution in [0, 0.1) is 5.92 Å². The first-order valence-electron chi connectivity index (χ1n) is 6.88. The monoisotopic (exact) mass is 271 g/mol. The van der Waals surface area contributed by atoms with E-state index in [2.05, 4.69) is 5.32 Å². The molecule has 0 aromatic carbocycles. The first-order chi connectivity index (χ1) is 9.04. The Hall–Kier alpha value is -1.14. The quantitative estimate of drug-likeness (QED) is 0.630. The first kappa shape index (κ1) is 15.9. The van der Waals surface area contributed by atoms with Gasteiger partial charge in [0.05, 0.1) is 12.5 Å². The molecule has 6 heteroatoms. The van der Waals surface area contributed by atoms with Gasteiger partial charge in [-0.1, -0.05) is 0 Å². The molecule has 0 radical (unpaired) electrons. The maximum Gasteiger partial charge on any atom is 0.306 e. The van der Waals surface area contributed by atoms with Gasteiger partial charge in [-0.2, -0.15) is 0 Å². The number of carboxylic acid groups (broad SMARTS) is 1. The van der Waals surface area contributed by atoms with Gasteiger partial charge in [0.1, 0.15) is 0 Å². The van der Waals surface area contributed by atoms with Crippen LogP contribution in [-0.2, 0) is 9.59 Å². The number of carbonyl (C=O) groups is 2.